The van der Waals surface area contributed by atoms with E-state index in [0.717, 1.165) is 30.6 Å². The summed E-state index contributed by atoms with van der Waals surface area (Å²) in [5.74, 6) is 0.779. The first-order valence-electron chi connectivity index (χ1n) is 10.6. The zero-order chi connectivity index (χ0) is 21.7. The standard InChI is InChI=1S/C24H31NO4S/c1-5-28-23(27)21-18-12-11-16(24(2,3)4)15-19(18)30-22(21)25-20(26)13-14-29-17-9-7-6-8-10-17/h6-10,16H,5,11-15H2,1-4H3,(H,25,26). The minimum atomic E-state index is -0.347. The van der Waals surface area contributed by atoms with Gasteiger partial charge < -0.3 is 14.8 Å². The topological polar surface area (TPSA) is 64.6 Å². The monoisotopic (exact) mass is 429 g/mol. The molecule has 1 heterocycles. The van der Waals surface area contributed by atoms with Gasteiger partial charge in [-0.15, -0.1) is 11.3 Å². The summed E-state index contributed by atoms with van der Waals surface area (Å²) >= 11 is 1.52. The average molecular weight is 430 g/mol. The number of thiophene rings is 1. The SMILES string of the molecule is CCOC(=O)c1c(NC(=O)CCOc2ccccc2)sc2c1CCC(C(C)(C)C)C2. The molecular weight excluding hydrogens is 398 g/mol. The first kappa shape index (κ1) is 22.3. The van der Waals surface area contributed by atoms with E-state index in [1.54, 1.807) is 6.92 Å². The van der Waals surface area contributed by atoms with Gasteiger partial charge in [0.2, 0.25) is 5.91 Å². The van der Waals surface area contributed by atoms with Crippen molar-refractivity contribution < 1.29 is 19.1 Å². The van der Waals surface area contributed by atoms with Crippen LogP contribution in [-0.2, 0) is 22.4 Å². The molecule has 1 aromatic carbocycles. The molecule has 162 valence electrons. The third kappa shape index (κ3) is 5.42. The molecule has 5 nitrogen and oxygen atoms in total. The molecule has 0 bridgehead atoms. The summed E-state index contributed by atoms with van der Waals surface area (Å²) < 4.78 is 10.9. The van der Waals surface area contributed by atoms with Crippen LogP contribution in [0.4, 0.5) is 5.00 Å². The fourth-order valence-corrected chi connectivity index (χ4v) is 5.13. The van der Waals surface area contributed by atoms with Crippen LogP contribution in [0.5, 0.6) is 5.75 Å². The number of ether oxygens (including phenoxy) is 2. The number of carbonyl (C=O) groups excluding carboxylic acids is 2. The molecule has 1 amide bonds. The predicted molar refractivity (Wildman–Crippen MR) is 120 cm³/mol. The van der Waals surface area contributed by atoms with Crippen molar-refractivity contribution in [2.45, 2.75) is 53.4 Å². The Balaban J connectivity index is 1.72. The Morgan fingerprint density at radius 3 is 2.60 bits per heavy atom. The molecule has 2 aromatic rings. The van der Waals surface area contributed by atoms with Gasteiger partial charge in [-0.1, -0.05) is 39.0 Å². The fourth-order valence-electron chi connectivity index (χ4n) is 3.80. The fraction of sp³-hybridized carbons (Fsp3) is 0.500. The van der Waals surface area contributed by atoms with Gasteiger partial charge in [0, 0.05) is 4.88 Å². The second-order valence-electron chi connectivity index (χ2n) is 8.69. The largest absolute Gasteiger partial charge is 0.493 e. The number of esters is 1. The molecule has 0 radical (unpaired) electrons. The van der Waals surface area contributed by atoms with Gasteiger partial charge in [0.1, 0.15) is 10.8 Å². The highest BCUT2D eigenvalue weighted by atomic mass is 32.1. The van der Waals surface area contributed by atoms with E-state index in [1.165, 1.54) is 16.2 Å². The Morgan fingerprint density at radius 2 is 1.93 bits per heavy atom. The number of hydrogen-bond acceptors (Lipinski definition) is 5. The summed E-state index contributed by atoms with van der Waals surface area (Å²) in [5.41, 5.74) is 1.81. The van der Waals surface area contributed by atoms with Crippen LogP contribution < -0.4 is 10.1 Å². The van der Waals surface area contributed by atoms with E-state index in [2.05, 4.69) is 26.1 Å². The van der Waals surface area contributed by atoms with Gasteiger partial charge in [0.25, 0.3) is 0 Å². The highest BCUT2D eigenvalue weighted by molar-refractivity contribution is 7.17. The molecule has 0 spiro atoms. The number of amides is 1. The molecule has 0 saturated carbocycles. The molecule has 1 N–H and O–H groups in total. The highest BCUT2D eigenvalue weighted by Crippen LogP contribution is 2.44. The molecule has 30 heavy (non-hydrogen) atoms. The molecule has 3 rings (SSSR count). The van der Waals surface area contributed by atoms with E-state index in [0.29, 0.717) is 23.1 Å². The number of para-hydroxylation sites is 1. The summed E-state index contributed by atoms with van der Waals surface area (Å²) in [4.78, 5) is 26.4. The molecule has 0 fully saturated rings. The summed E-state index contributed by atoms with van der Waals surface area (Å²) in [5, 5.41) is 3.55. The third-order valence-electron chi connectivity index (χ3n) is 5.56. The Kier molecular flexibility index (Phi) is 7.19. The molecule has 0 saturated heterocycles. The zero-order valence-electron chi connectivity index (χ0n) is 18.2. The number of anilines is 1. The smallest absolute Gasteiger partial charge is 0.341 e. The van der Waals surface area contributed by atoms with Crippen molar-refractivity contribution in [3.63, 3.8) is 0 Å². The number of hydrogen-bond donors (Lipinski definition) is 1. The summed E-state index contributed by atoms with van der Waals surface area (Å²) in [6, 6.07) is 9.41. The molecule has 0 aliphatic heterocycles. The van der Waals surface area contributed by atoms with Crippen LogP contribution >= 0.6 is 11.3 Å². The molecule has 1 aliphatic rings. The maximum atomic E-state index is 12.7. The van der Waals surface area contributed by atoms with Gasteiger partial charge in [0.15, 0.2) is 0 Å². The number of benzene rings is 1. The van der Waals surface area contributed by atoms with Gasteiger partial charge in [-0.05, 0) is 55.2 Å². The van der Waals surface area contributed by atoms with Gasteiger partial charge in [-0.25, -0.2) is 4.79 Å². The number of nitrogens with one attached hydrogen (secondary N) is 1. The van der Waals surface area contributed by atoms with Crippen LogP contribution in [0, 0.1) is 11.3 Å². The number of fused-ring (bicyclic) bond motifs is 1. The Morgan fingerprint density at radius 1 is 1.20 bits per heavy atom. The molecule has 1 aromatic heterocycles. The molecule has 1 unspecified atom stereocenters. The van der Waals surface area contributed by atoms with E-state index in [1.807, 2.05) is 30.3 Å². The van der Waals surface area contributed by atoms with Gasteiger partial charge in [-0.2, -0.15) is 0 Å². The molecular formula is C24H31NO4S. The van der Waals surface area contributed by atoms with Crippen LogP contribution in [0.1, 0.15) is 61.3 Å². The number of rotatable bonds is 7. The Labute approximate surface area is 182 Å². The molecule has 1 aliphatic carbocycles. The second kappa shape index (κ2) is 9.65. The van der Waals surface area contributed by atoms with Gasteiger partial charge in [0.05, 0.1) is 25.2 Å². The molecule has 1 atom stereocenters. The van der Waals surface area contributed by atoms with Crippen molar-refractivity contribution >= 4 is 28.2 Å². The maximum absolute atomic E-state index is 12.7. The lowest BCUT2D eigenvalue weighted by molar-refractivity contribution is -0.116. The van der Waals surface area contributed by atoms with E-state index in [9.17, 15) is 9.59 Å². The Bertz CT molecular complexity index is 883. The Hall–Kier alpha value is -2.34. The lowest BCUT2D eigenvalue weighted by Gasteiger charge is -2.33. The van der Waals surface area contributed by atoms with E-state index < -0.39 is 0 Å². The lowest BCUT2D eigenvalue weighted by Crippen LogP contribution is -2.26. The van der Waals surface area contributed by atoms with Gasteiger partial charge in [-0.3, -0.25) is 4.79 Å². The van der Waals surface area contributed by atoms with Gasteiger partial charge >= 0.3 is 5.97 Å². The van der Waals surface area contributed by atoms with E-state index in [4.69, 9.17) is 9.47 Å². The van der Waals surface area contributed by atoms with Crippen molar-refractivity contribution in [2.75, 3.05) is 18.5 Å². The van der Waals surface area contributed by atoms with Crippen molar-refractivity contribution in [1.29, 1.82) is 0 Å². The summed E-state index contributed by atoms with van der Waals surface area (Å²) in [7, 11) is 0. The summed E-state index contributed by atoms with van der Waals surface area (Å²) in [6.45, 7) is 9.17. The first-order chi connectivity index (χ1) is 14.3. The average Bonchev–Trinajstić information content (AvgIpc) is 3.05. The first-order valence-corrected chi connectivity index (χ1v) is 11.4. The van der Waals surface area contributed by atoms with Crippen molar-refractivity contribution in [3.8, 4) is 5.75 Å². The van der Waals surface area contributed by atoms with E-state index >= 15 is 0 Å². The van der Waals surface area contributed by atoms with Crippen LogP contribution in [-0.4, -0.2) is 25.1 Å². The van der Waals surface area contributed by atoms with Crippen LogP contribution in [0.25, 0.3) is 0 Å². The van der Waals surface area contributed by atoms with Crippen molar-refractivity contribution in [2.24, 2.45) is 11.3 Å². The van der Waals surface area contributed by atoms with Crippen LogP contribution in [0.15, 0.2) is 30.3 Å². The van der Waals surface area contributed by atoms with Crippen molar-refractivity contribution in [3.05, 3.63) is 46.3 Å². The third-order valence-corrected chi connectivity index (χ3v) is 6.73. The quantitative estimate of drug-likeness (QED) is 0.592. The van der Waals surface area contributed by atoms with Crippen LogP contribution in [0.3, 0.4) is 0 Å². The minimum Gasteiger partial charge on any atom is -0.493 e. The van der Waals surface area contributed by atoms with Crippen LogP contribution in [0.2, 0.25) is 0 Å². The lowest BCUT2D eigenvalue weighted by atomic mass is 9.72. The van der Waals surface area contributed by atoms with E-state index in [-0.39, 0.29) is 30.3 Å². The number of carbonyl (C=O) groups is 2. The second-order valence-corrected chi connectivity index (χ2v) is 9.80. The van der Waals surface area contributed by atoms with Crippen molar-refractivity contribution in [1.82, 2.24) is 0 Å². The predicted octanol–water partition coefficient (Wildman–Crippen LogP) is 5.48. The summed E-state index contributed by atoms with van der Waals surface area (Å²) in [6.07, 6.45) is 3.03. The zero-order valence-corrected chi connectivity index (χ0v) is 19.1. The minimum absolute atomic E-state index is 0.164. The molecule has 6 heteroatoms. The highest BCUT2D eigenvalue weighted by Gasteiger charge is 2.34. The maximum Gasteiger partial charge on any atom is 0.341 e. The normalized spacial score (nSPS) is 15.9.